The molecule has 1 N–H and O–H groups in total. The monoisotopic (exact) mass is 246 g/mol. The van der Waals surface area contributed by atoms with Crippen LogP contribution >= 0.6 is 12.4 Å². The third-order valence-corrected chi connectivity index (χ3v) is 2.85. The molecule has 16 heavy (non-hydrogen) atoms. The third-order valence-electron chi connectivity index (χ3n) is 2.85. The molecule has 0 aromatic heterocycles. The summed E-state index contributed by atoms with van der Waals surface area (Å²) in [5, 5.41) is 12.5. The molecule has 0 aromatic carbocycles. The highest BCUT2D eigenvalue weighted by molar-refractivity contribution is 6.02. The summed E-state index contributed by atoms with van der Waals surface area (Å²) in [4.78, 5) is 2.11. The second-order valence-electron chi connectivity index (χ2n) is 5.56. The van der Waals surface area contributed by atoms with Gasteiger partial charge in [-0.3, -0.25) is 0 Å². The largest absolute Gasteiger partial charge is 0.411 e. The van der Waals surface area contributed by atoms with Crippen LogP contribution in [0, 0.1) is 5.41 Å². The van der Waals surface area contributed by atoms with Gasteiger partial charge in [-0.25, -0.2) is 0 Å². The van der Waals surface area contributed by atoms with E-state index in [2.05, 4.69) is 30.8 Å². The molecular formula is C12H23ClN2O. The highest BCUT2D eigenvalue weighted by Crippen LogP contribution is 2.37. The predicted molar refractivity (Wildman–Crippen MR) is 70.7 cm³/mol. The van der Waals surface area contributed by atoms with Crippen LogP contribution in [0.1, 0.15) is 33.6 Å². The number of hydrogen-bond acceptors (Lipinski definition) is 3. The van der Waals surface area contributed by atoms with Crippen molar-refractivity contribution in [2.24, 2.45) is 10.6 Å². The second-order valence-corrected chi connectivity index (χ2v) is 5.56. The van der Waals surface area contributed by atoms with Crippen LogP contribution in [0.5, 0.6) is 0 Å². The van der Waals surface area contributed by atoms with Crippen molar-refractivity contribution in [3.05, 3.63) is 11.1 Å². The van der Waals surface area contributed by atoms with E-state index in [0.717, 1.165) is 25.1 Å². The maximum Gasteiger partial charge on any atom is 0.0845 e. The van der Waals surface area contributed by atoms with Crippen molar-refractivity contribution in [3.8, 4) is 0 Å². The quantitative estimate of drug-likeness (QED) is 0.601. The van der Waals surface area contributed by atoms with E-state index < -0.39 is 0 Å². The molecule has 1 aliphatic rings. The minimum Gasteiger partial charge on any atom is -0.411 e. The van der Waals surface area contributed by atoms with Gasteiger partial charge in [-0.1, -0.05) is 24.6 Å². The summed E-state index contributed by atoms with van der Waals surface area (Å²) in [5.74, 6) is 0. The molecule has 1 rings (SSSR count). The molecule has 0 aromatic rings. The summed E-state index contributed by atoms with van der Waals surface area (Å²) in [7, 11) is 4.07. The van der Waals surface area contributed by atoms with Crippen LogP contribution in [0.2, 0.25) is 0 Å². The fourth-order valence-corrected chi connectivity index (χ4v) is 2.33. The van der Waals surface area contributed by atoms with E-state index in [1.54, 1.807) is 0 Å². The summed E-state index contributed by atoms with van der Waals surface area (Å²) < 4.78 is 0. The Bertz CT molecular complexity index is 306. The Morgan fingerprint density at radius 2 is 1.88 bits per heavy atom. The maximum absolute atomic E-state index is 9.06. The maximum atomic E-state index is 9.06. The first-order chi connectivity index (χ1) is 6.85. The lowest BCUT2D eigenvalue weighted by molar-refractivity contribution is 0.304. The van der Waals surface area contributed by atoms with Crippen LogP contribution in [0.25, 0.3) is 0 Å². The van der Waals surface area contributed by atoms with Gasteiger partial charge in [0.1, 0.15) is 0 Å². The topological polar surface area (TPSA) is 35.8 Å². The Labute approximate surface area is 105 Å². The average Bonchev–Trinajstić information content (AvgIpc) is 2.08. The fraction of sp³-hybridized carbons (Fsp3) is 0.750. The summed E-state index contributed by atoms with van der Waals surface area (Å²) in [6.07, 6.45) is 1.96. The highest BCUT2D eigenvalue weighted by Gasteiger charge is 2.30. The number of rotatable bonds is 2. The van der Waals surface area contributed by atoms with Gasteiger partial charge < -0.3 is 10.1 Å². The van der Waals surface area contributed by atoms with Gasteiger partial charge in [0.25, 0.3) is 0 Å². The zero-order valence-electron chi connectivity index (χ0n) is 10.9. The smallest absolute Gasteiger partial charge is 0.0845 e. The van der Waals surface area contributed by atoms with Crippen LogP contribution in [0.15, 0.2) is 16.3 Å². The molecule has 0 heterocycles. The number of hydrogen-bond donors (Lipinski definition) is 1. The van der Waals surface area contributed by atoms with Crippen LogP contribution in [0.3, 0.4) is 0 Å². The number of oxime groups is 1. The molecule has 1 aliphatic carbocycles. The van der Waals surface area contributed by atoms with Crippen LogP contribution in [-0.4, -0.2) is 36.5 Å². The summed E-state index contributed by atoms with van der Waals surface area (Å²) in [5.41, 5.74) is 3.65. The molecular weight excluding hydrogens is 224 g/mol. The number of nitrogens with zero attached hydrogens (tertiary/aromatic N) is 2. The van der Waals surface area contributed by atoms with E-state index >= 15 is 0 Å². The zero-order valence-corrected chi connectivity index (χ0v) is 11.7. The van der Waals surface area contributed by atoms with Crippen molar-refractivity contribution in [1.82, 2.24) is 4.90 Å². The molecule has 0 spiro atoms. The molecule has 94 valence electrons. The standard InChI is InChI=1S/C12H22N2O.ClH/c1-9-6-12(2,3)7-11(13-15)10(9)8-14(4)5;/h15H,6-8H2,1-5H3;1H/b13-11-;. The zero-order chi connectivity index (χ0) is 11.6. The Kier molecular flexibility index (Phi) is 5.50. The third kappa shape index (κ3) is 3.80. The van der Waals surface area contributed by atoms with Gasteiger partial charge in [-0.2, -0.15) is 0 Å². The molecule has 0 amide bonds. The lowest BCUT2D eigenvalue weighted by Crippen LogP contribution is -2.30. The normalized spacial score (nSPS) is 22.5. The molecule has 0 aliphatic heterocycles. The second kappa shape index (κ2) is 5.69. The molecule has 3 nitrogen and oxygen atoms in total. The predicted octanol–water partition coefficient (Wildman–Crippen LogP) is 2.94. The van der Waals surface area contributed by atoms with Crippen molar-refractivity contribution < 1.29 is 5.21 Å². The van der Waals surface area contributed by atoms with Gasteiger partial charge in [0.15, 0.2) is 0 Å². The molecule has 0 unspecified atom stereocenters. The molecule has 0 saturated heterocycles. The van der Waals surface area contributed by atoms with Gasteiger partial charge in [0.2, 0.25) is 0 Å². The number of likely N-dealkylation sites (N-methyl/N-ethyl adjacent to an activating group) is 1. The Balaban J connectivity index is 0.00000225. The fourth-order valence-electron chi connectivity index (χ4n) is 2.33. The van der Waals surface area contributed by atoms with E-state index in [-0.39, 0.29) is 17.8 Å². The van der Waals surface area contributed by atoms with E-state index in [1.165, 1.54) is 11.1 Å². The van der Waals surface area contributed by atoms with E-state index in [9.17, 15) is 0 Å². The van der Waals surface area contributed by atoms with Gasteiger partial charge in [-0.05, 0) is 44.8 Å². The first kappa shape index (κ1) is 15.5. The number of allylic oxidation sites excluding steroid dienone is 1. The van der Waals surface area contributed by atoms with Crippen LogP contribution in [0.4, 0.5) is 0 Å². The van der Waals surface area contributed by atoms with Crippen molar-refractivity contribution in [2.75, 3.05) is 20.6 Å². The summed E-state index contributed by atoms with van der Waals surface area (Å²) in [6.45, 7) is 7.44. The van der Waals surface area contributed by atoms with Crippen LogP contribution < -0.4 is 0 Å². The molecule has 0 fully saturated rings. The lowest BCUT2D eigenvalue weighted by Gasteiger charge is -2.33. The van der Waals surface area contributed by atoms with E-state index in [0.29, 0.717) is 0 Å². The van der Waals surface area contributed by atoms with Crippen molar-refractivity contribution in [2.45, 2.75) is 33.6 Å². The number of halogens is 1. The Morgan fingerprint density at radius 1 is 1.31 bits per heavy atom. The molecule has 0 atom stereocenters. The van der Waals surface area contributed by atoms with Crippen molar-refractivity contribution in [1.29, 1.82) is 0 Å². The molecule has 0 radical (unpaired) electrons. The summed E-state index contributed by atoms with van der Waals surface area (Å²) in [6, 6.07) is 0. The molecule has 4 heteroatoms. The van der Waals surface area contributed by atoms with Crippen molar-refractivity contribution >= 4 is 18.1 Å². The average molecular weight is 247 g/mol. The van der Waals surface area contributed by atoms with Crippen LogP contribution in [-0.2, 0) is 0 Å². The molecule has 0 saturated carbocycles. The highest BCUT2D eigenvalue weighted by atomic mass is 35.5. The van der Waals surface area contributed by atoms with E-state index in [4.69, 9.17) is 5.21 Å². The molecule has 0 bridgehead atoms. The minimum atomic E-state index is 0. The first-order valence-corrected chi connectivity index (χ1v) is 5.40. The van der Waals surface area contributed by atoms with Crippen molar-refractivity contribution in [3.63, 3.8) is 0 Å². The van der Waals surface area contributed by atoms with Gasteiger partial charge in [0, 0.05) is 6.54 Å². The Morgan fingerprint density at radius 3 is 2.31 bits per heavy atom. The Hall–Kier alpha value is -0.540. The first-order valence-electron chi connectivity index (χ1n) is 5.40. The van der Waals surface area contributed by atoms with Gasteiger partial charge in [0.05, 0.1) is 5.71 Å². The van der Waals surface area contributed by atoms with Gasteiger partial charge in [-0.15, -0.1) is 12.4 Å². The minimum absolute atomic E-state index is 0. The lowest BCUT2D eigenvalue weighted by atomic mass is 9.73. The SMILES string of the molecule is CC1=C(CN(C)C)/C(=N\O)CC(C)(C)C1.Cl. The van der Waals surface area contributed by atoms with E-state index in [1.807, 2.05) is 14.1 Å². The summed E-state index contributed by atoms with van der Waals surface area (Å²) >= 11 is 0. The van der Waals surface area contributed by atoms with Gasteiger partial charge >= 0.3 is 0 Å².